The van der Waals surface area contributed by atoms with E-state index in [1.165, 1.54) is 35.9 Å². The normalized spacial score (nSPS) is 16.8. The molecule has 0 radical (unpaired) electrons. The topological polar surface area (TPSA) is 38.8 Å². The summed E-state index contributed by atoms with van der Waals surface area (Å²) in [5.41, 5.74) is 0.634. The molecule has 0 spiro atoms. The number of thiocarbonyl (C=S) groups is 1. The second-order valence-corrected chi connectivity index (χ2v) is 5.89. The number of halogens is 2. The van der Waals surface area contributed by atoms with Crippen LogP contribution in [-0.4, -0.2) is 35.4 Å². The van der Waals surface area contributed by atoms with Gasteiger partial charge in [0.25, 0.3) is 5.91 Å². The minimum atomic E-state index is -2.93. The number of likely N-dealkylation sites (N-methyl/N-ethyl adjacent to an activating group) is 1. The molecule has 0 atom stereocenters. The monoisotopic (exact) mass is 345 g/mol. The van der Waals surface area contributed by atoms with Crippen LogP contribution in [-0.2, 0) is 4.79 Å². The van der Waals surface area contributed by atoms with E-state index < -0.39 is 6.61 Å². The van der Waals surface area contributed by atoms with Crippen molar-refractivity contribution in [1.29, 1.82) is 0 Å². The number of benzene rings is 1. The maximum atomic E-state index is 12.3. The first-order valence-corrected chi connectivity index (χ1v) is 7.57. The zero-order valence-electron chi connectivity index (χ0n) is 11.8. The third kappa shape index (κ3) is 3.56. The highest BCUT2D eigenvalue weighted by Gasteiger charge is 2.30. The molecule has 4 nitrogen and oxygen atoms in total. The van der Waals surface area contributed by atoms with Crippen molar-refractivity contribution < 1.29 is 23.0 Å². The Kier molecular flexibility index (Phi) is 5.36. The highest BCUT2D eigenvalue weighted by atomic mass is 32.2. The first-order chi connectivity index (χ1) is 10.5. The Morgan fingerprint density at radius 2 is 2.14 bits per heavy atom. The van der Waals surface area contributed by atoms with Gasteiger partial charge in [0.15, 0.2) is 11.5 Å². The van der Waals surface area contributed by atoms with Gasteiger partial charge < -0.3 is 9.47 Å². The standard InChI is InChI=1S/C14H13F2NO3S2/c1-3-17-12(18)11(22-14(17)21)7-8-4-5-9(20-13(15)16)10(6-8)19-2/h4-7,13H,3H2,1-2H3/b11-7+. The molecule has 0 saturated carbocycles. The number of alkyl halides is 2. The van der Waals surface area contributed by atoms with Crippen LogP contribution in [0.15, 0.2) is 23.1 Å². The Morgan fingerprint density at radius 1 is 1.41 bits per heavy atom. The Hall–Kier alpha value is -1.67. The summed E-state index contributed by atoms with van der Waals surface area (Å²) in [4.78, 5) is 14.1. The van der Waals surface area contributed by atoms with Gasteiger partial charge in [-0.15, -0.1) is 0 Å². The molecule has 1 aromatic rings. The Bertz CT molecular complexity index is 635. The number of hydrogen-bond acceptors (Lipinski definition) is 5. The van der Waals surface area contributed by atoms with Gasteiger partial charge in [-0.3, -0.25) is 9.69 Å². The van der Waals surface area contributed by atoms with Crippen LogP contribution < -0.4 is 9.47 Å². The summed E-state index contributed by atoms with van der Waals surface area (Å²) in [5.74, 6) is -0.0554. The average molecular weight is 345 g/mol. The molecule has 0 aromatic heterocycles. The summed E-state index contributed by atoms with van der Waals surface area (Å²) in [5, 5.41) is 0. The molecule has 0 unspecified atom stereocenters. The molecule has 118 valence electrons. The molecule has 8 heteroatoms. The molecule has 0 N–H and O–H groups in total. The van der Waals surface area contributed by atoms with Crippen LogP contribution in [0, 0.1) is 0 Å². The SMILES string of the molecule is CCN1C(=O)/C(=C\c2ccc(OC(F)F)c(OC)c2)SC1=S. The molecule has 1 aliphatic rings. The number of carbonyl (C=O) groups excluding carboxylic acids is 1. The van der Waals surface area contributed by atoms with Gasteiger partial charge in [0.1, 0.15) is 4.32 Å². The van der Waals surface area contributed by atoms with Crippen LogP contribution in [0.5, 0.6) is 11.5 Å². The van der Waals surface area contributed by atoms with E-state index in [2.05, 4.69) is 4.74 Å². The molecular weight excluding hydrogens is 332 g/mol. The number of rotatable bonds is 5. The molecule has 1 saturated heterocycles. The van der Waals surface area contributed by atoms with Crippen molar-refractivity contribution in [3.05, 3.63) is 28.7 Å². The molecule has 2 rings (SSSR count). The summed E-state index contributed by atoms with van der Waals surface area (Å²) in [6.07, 6.45) is 1.64. The minimum absolute atomic E-state index is 0.0595. The van der Waals surface area contributed by atoms with E-state index in [-0.39, 0.29) is 17.4 Å². The van der Waals surface area contributed by atoms with Crippen LogP contribution in [0.4, 0.5) is 8.78 Å². The lowest BCUT2D eigenvalue weighted by Gasteiger charge is -2.10. The molecule has 1 aromatic carbocycles. The molecule has 1 fully saturated rings. The fourth-order valence-electron chi connectivity index (χ4n) is 1.89. The van der Waals surface area contributed by atoms with Gasteiger partial charge in [-0.05, 0) is 30.7 Å². The van der Waals surface area contributed by atoms with Crippen molar-refractivity contribution in [2.75, 3.05) is 13.7 Å². The maximum Gasteiger partial charge on any atom is 0.387 e. The van der Waals surface area contributed by atoms with Gasteiger partial charge in [-0.1, -0.05) is 30.0 Å². The van der Waals surface area contributed by atoms with Gasteiger partial charge in [-0.25, -0.2) is 0 Å². The van der Waals surface area contributed by atoms with Gasteiger partial charge in [-0.2, -0.15) is 8.78 Å². The first kappa shape index (κ1) is 16.7. The van der Waals surface area contributed by atoms with Crippen LogP contribution in [0.25, 0.3) is 6.08 Å². The van der Waals surface area contributed by atoms with Crippen molar-refractivity contribution in [3.8, 4) is 11.5 Å². The quantitative estimate of drug-likeness (QED) is 0.603. The highest BCUT2D eigenvalue weighted by Crippen LogP contribution is 2.34. The number of thioether (sulfide) groups is 1. The molecule has 1 aliphatic heterocycles. The fraction of sp³-hybridized carbons (Fsp3) is 0.286. The van der Waals surface area contributed by atoms with Gasteiger partial charge in [0, 0.05) is 6.54 Å². The first-order valence-electron chi connectivity index (χ1n) is 6.34. The van der Waals surface area contributed by atoms with E-state index in [9.17, 15) is 13.6 Å². The van der Waals surface area contributed by atoms with Gasteiger partial charge in [0.2, 0.25) is 0 Å². The molecule has 22 heavy (non-hydrogen) atoms. The van der Waals surface area contributed by atoms with E-state index in [1.54, 1.807) is 12.1 Å². The van der Waals surface area contributed by atoms with Crippen LogP contribution in [0.1, 0.15) is 12.5 Å². The van der Waals surface area contributed by atoms with E-state index in [0.29, 0.717) is 21.3 Å². The highest BCUT2D eigenvalue weighted by molar-refractivity contribution is 8.26. The third-order valence-corrected chi connectivity index (χ3v) is 4.27. The number of carbonyl (C=O) groups is 1. The van der Waals surface area contributed by atoms with Crippen molar-refractivity contribution >= 4 is 40.3 Å². The smallest absolute Gasteiger partial charge is 0.387 e. The van der Waals surface area contributed by atoms with Crippen molar-refractivity contribution in [2.24, 2.45) is 0 Å². The number of amides is 1. The summed E-state index contributed by atoms with van der Waals surface area (Å²) in [7, 11) is 1.36. The summed E-state index contributed by atoms with van der Waals surface area (Å²) < 4.78 is 34.5. The van der Waals surface area contributed by atoms with Crippen molar-refractivity contribution in [3.63, 3.8) is 0 Å². The van der Waals surface area contributed by atoms with Crippen molar-refractivity contribution in [2.45, 2.75) is 13.5 Å². The molecule has 1 amide bonds. The number of methoxy groups -OCH3 is 1. The summed E-state index contributed by atoms with van der Waals surface area (Å²) in [6.45, 7) is -0.583. The molecular formula is C14H13F2NO3S2. The van der Waals surface area contributed by atoms with E-state index in [1.807, 2.05) is 6.92 Å². The minimum Gasteiger partial charge on any atom is -0.493 e. The Balaban J connectivity index is 2.29. The molecule has 0 bridgehead atoms. The predicted molar refractivity (Wildman–Crippen MR) is 85.2 cm³/mol. The van der Waals surface area contributed by atoms with E-state index in [4.69, 9.17) is 17.0 Å². The summed E-state index contributed by atoms with van der Waals surface area (Å²) in [6, 6.07) is 4.46. The molecule has 1 heterocycles. The third-order valence-electron chi connectivity index (χ3n) is 2.89. The average Bonchev–Trinajstić information content (AvgIpc) is 2.74. The van der Waals surface area contributed by atoms with Crippen LogP contribution >= 0.6 is 24.0 Å². The number of ether oxygens (including phenoxy) is 2. The lowest BCUT2D eigenvalue weighted by atomic mass is 10.2. The van der Waals surface area contributed by atoms with Crippen LogP contribution in [0.2, 0.25) is 0 Å². The lowest BCUT2D eigenvalue weighted by molar-refractivity contribution is -0.121. The Morgan fingerprint density at radius 3 is 2.68 bits per heavy atom. The predicted octanol–water partition coefficient (Wildman–Crippen LogP) is 3.52. The maximum absolute atomic E-state index is 12.3. The zero-order valence-corrected chi connectivity index (χ0v) is 13.5. The van der Waals surface area contributed by atoms with Crippen molar-refractivity contribution in [1.82, 2.24) is 4.90 Å². The fourth-order valence-corrected chi connectivity index (χ4v) is 3.28. The van der Waals surface area contributed by atoms with Gasteiger partial charge in [0.05, 0.1) is 12.0 Å². The Labute approximate surface area is 136 Å². The number of nitrogens with zero attached hydrogens (tertiary/aromatic N) is 1. The van der Waals surface area contributed by atoms with E-state index >= 15 is 0 Å². The lowest BCUT2D eigenvalue weighted by Crippen LogP contribution is -2.27. The van der Waals surface area contributed by atoms with Crippen LogP contribution in [0.3, 0.4) is 0 Å². The van der Waals surface area contributed by atoms with E-state index in [0.717, 1.165) is 0 Å². The second kappa shape index (κ2) is 7.06. The largest absolute Gasteiger partial charge is 0.493 e. The second-order valence-electron chi connectivity index (χ2n) is 4.21. The number of hydrogen-bond donors (Lipinski definition) is 0. The zero-order chi connectivity index (χ0) is 16.3. The summed E-state index contributed by atoms with van der Waals surface area (Å²) >= 11 is 6.33. The molecule has 0 aliphatic carbocycles. The van der Waals surface area contributed by atoms with Gasteiger partial charge >= 0.3 is 6.61 Å².